The van der Waals surface area contributed by atoms with E-state index in [4.69, 9.17) is 9.47 Å². The van der Waals surface area contributed by atoms with Crippen molar-refractivity contribution in [3.05, 3.63) is 12.2 Å². The lowest BCUT2D eigenvalue weighted by molar-refractivity contribution is -0.110. The van der Waals surface area contributed by atoms with Crippen LogP contribution in [-0.2, 0) is 19.1 Å². The van der Waals surface area contributed by atoms with Gasteiger partial charge in [0.1, 0.15) is 12.6 Å². The molecule has 1 N–H and O–H groups in total. The standard InChI is InChI=1S/C22H40O4.C3H6O/c1-16-6-7-19(8-9-21(25-4)15-20(24)10-11-23)13-17(2)14-22(26-5)18(3)12-16;1-2-3-4/h6-7,11,16-22,24H,8-10,12-15H2,1-5H3;3H,2H2,1H3. The number of allylic oxidation sites excluding steroid dienone is 2. The highest BCUT2D eigenvalue weighted by molar-refractivity contribution is 5.50. The first-order valence-corrected chi connectivity index (χ1v) is 11.6. The molecule has 7 atom stereocenters. The summed E-state index contributed by atoms with van der Waals surface area (Å²) in [5, 5.41) is 9.86. The van der Waals surface area contributed by atoms with E-state index in [1.807, 2.05) is 14.0 Å². The van der Waals surface area contributed by atoms with Gasteiger partial charge in [-0.15, -0.1) is 0 Å². The summed E-state index contributed by atoms with van der Waals surface area (Å²) in [7, 11) is 3.53. The van der Waals surface area contributed by atoms with Gasteiger partial charge in [0.15, 0.2) is 0 Å². The molecule has 0 radical (unpaired) electrons. The molecule has 176 valence electrons. The van der Waals surface area contributed by atoms with E-state index in [0.717, 1.165) is 44.7 Å². The number of ether oxygens (including phenoxy) is 2. The first-order chi connectivity index (χ1) is 14.3. The van der Waals surface area contributed by atoms with Crippen LogP contribution in [0.4, 0.5) is 0 Å². The lowest BCUT2D eigenvalue weighted by atomic mass is 9.81. The molecule has 0 spiro atoms. The Kier molecular flexibility index (Phi) is 17.0. The molecule has 1 rings (SSSR count). The Hall–Kier alpha value is -1.04. The van der Waals surface area contributed by atoms with Crippen molar-refractivity contribution < 1.29 is 24.2 Å². The van der Waals surface area contributed by atoms with Crippen LogP contribution in [0.2, 0.25) is 0 Å². The van der Waals surface area contributed by atoms with Gasteiger partial charge in [-0.2, -0.15) is 0 Å². The van der Waals surface area contributed by atoms with Gasteiger partial charge in [-0.25, -0.2) is 0 Å². The SMILES string of the molecule is CCC=O.COC(CCC1C=CC(C)CC(C)C(OC)CC(C)C1)CC(O)CC=O. The van der Waals surface area contributed by atoms with Gasteiger partial charge in [0, 0.05) is 27.1 Å². The number of carbonyl (C=O) groups excluding carboxylic acids is 2. The summed E-state index contributed by atoms with van der Waals surface area (Å²) in [5.41, 5.74) is 0. The zero-order valence-corrected chi connectivity index (χ0v) is 20.1. The molecular weight excluding hydrogens is 380 g/mol. The fourth-order valence-electron chi connectivity index (χ4n) is 4.27. The van der Waals surface area contributed by atoms with Crippen molar-refractivity contribution in [2.45, 2.75) is 97.4 Å². The summed E-state index contributed by atoms with van der Waals surface area (Å²) < 4.78 is 11.3. The summed E-state index contributed by atoms with van der Waals surface area (Å²) in [6.07, 6.45) is 12.9. The summed E-state index contributed by atoms with van der Waals surface area (Å²) >= 11 is 0. The van der Waals surface area contributed by atoms with Gasteiger partial charge in [0.05, 0.1) is 18.3 Å². The van der Waals surface area contributed by atoms with Crippen molar-refractivity contribution in [1.82, 2.24) is 0 Å². The van der Waals surface area contributed by atoms with E-state index in [1.165, 1.54) is 0 Å². The normalized spacial score (nSPS) is 29.2. The highest BCUT2D eigenvalue weighted by Gasteiger charge is 2.24. The van der Waals surface area contributed by atoms with Crippen molar-refractivity contribution in [2.24, 2.45) is 23.7 Å². The minimum atomic E-state index is -0.597. The minimum absolute atomic E-state index is 0.00762. The molecule has 0 bridgehead atoms. The number of methoxy groups -OCH3 is 2. The van der Waals surface area contributed by atoms with Crippen LogP contribution in [0.3, 0.4) is 0 Å². The Morgan fingerprint density at radius 2 is 1.73 bits per heavy atom. The third-order valence-electron chi connectivity index (χ3n) is 6.00. The van der Waals surface area contributed by atoms with E-state index < -0.39 is 6.10 Å². The number of carbonyl (C=O) groups is 2. The van der Waals surface area contributed by atoms with E-state index >= 15 is 0 Å². The van der Waals surface area contributed by atoms with Gasteiger partial charge < -0.3 is 24.2 Å². The second-order valence-corrected chi connectivity index (χ2v) is 8.99. The summed E-state index contributed by atoms with van der Waals surface area (Å²) in [6, 6.07) is 0. The molecule has 0 aromatic heterocycles. The Bertz CT molecular complexity index is 464. The molecule has 5 nitrogen and oxygen atoms in total. The molecule has 5 heteroatoms. The molecule has 1 aliphatic rings. The molecule has 0 saturated heterocycles. The minimum Gasteiger partial charge on any atom is -0.393 e. The maximum Gasteiger partial charge on any atom is 0.122 e. The average molecular weight is 427 g/mol. The van der Waals surface area contributed by atoms with Gasteiger partial charge in [0.25, 0.3) is 0 Å². The Morgan fingerprint density at radius 3 is 2.27 bits per heavy atom. The maximum absolute atomic E-state index is 10.5. The molecule has 30 heavy (non-hydrogen) atoms. The molecular formula is C25H46O5. The molecule has 0 aromatic carbocycles. The lowest BCUT2D eigenvalue weighted by Crippen LogP contribution is -2.26. The van der Waals surface area contributed by atoms with Crippen molar-refractivity contribution >= 4 is 12.6 Å². The third kappa shape index (κ3) is 13.3. The molecule has 0 heterocycles. The largest absolute Gasteiger partial charge is 0.393 e. The lowest BCUT2D eigenvalue weighted by Gasteiger charge is -2.30. The molecule has 0 aliphatic heterocycles. The summed E-state index contributed by atoms with van der Waals surface area (Å²) in [4.78, 5) is 19.7. The second-order valence-electron chi connectivity index (χ2n) is 8.99. The van der Waals surface area contributed by atoms with Crippen LogP contribution in [0.15, 0.2) is 12.2 Å². The van der Waals surface area contributed by atoms with E-state index in [1.54, 1.807) is 7.11 Å². The first kappa shape index (κ1) is 29.0. The fraction of sp³-hybridized carbons (Fsp3) is 0.840. The maximum atomic E-state index is 10.5. The van der Waals surface area contributed by atoms with Gasteiger partial charge in [-0.1, -0.05) is 39.8 Å². The van der Waals surface area contributed by atoms with Crippen LogP contribution in [0.25, 0.3) is 0 Å². The third-order valence-corrected chi connectivity index (χ3v) is 6.00. The zero-order valence-electron chi connectivity index (χ0n) is 20.1. The number of rotatable bonds is 10. The number of hydrogen-bond donors (Lipinski definition) is 1. The van der Waals surface area contributed by atoms with E-state index in [0.29, 0.717) is 42.6 Å². The Labute approximate surface area is 184 Å². The predicted octanol–water partition coefficient (Wildman–Crippen LogP) is 5.00. The number of aliphatic hydroxyl groups excluding tert-OH is 1. The van der Waals surface area contributed by atoms with Crippen molar-refractivity contribution in [1.29, 1.82) is 0 Å². The van der Waals surface area contributed by atoms with Gasteiger partial charge in [-0.3, -0.25) is 0 Å². The van der Waals surface area contributed by atoms with E-state index in [9.17, 15) is 14.7 Å². The van der Waals surface area contributed by atoms with Crippen molar-refractivity contribution in [3.8, 4) is 0 Å². The van der Waals surface area contributed by atoms with Gasteiger partial charge >= 0.3 is 0 Å². The molecule has 0 aromatic rings. The van der Waals surface area contributed by atoms with Crippen LogP contribution in [0.5, 0.6) is 0 Å². The average Bonchev–Trinajstić information content (AvgIpc) is 2.72. The smallest absolute Gasteiger partial charge is 0.122 e. The number of aliphatic hydroxyl groups is 1. The zero-order chi connectivity index (χ0) is 22.9. The van der Waals surface area contributed by atoms with E-state index in [-0.39, 0.29) is 12.5 Å². The van der Waals surface area contributed by atoms with Gasteiger partial charge in [0.2, 0.25) is 0 Å². The predicted molar refractivity (Wildman–Crippen MR) is 122 cm³/mol. The van der Waals surface area contributed by atoms with E-state index in [2.05, 4.69) is 32.9 Å². The van der Waals surface area contributed by atoms with Crippen LogP contribution in [0, 0.1) is 23.7 Å². The second kappa shape index (κ2) is 17.6. The molecule has 0 amide bonds. The van der Waals surface area contributed by atoms with Gasteiger partial charge in [-0.05, 0) is 62.2 Å². The van der Waals surface area contributed by atoms with Crippen LogP contribution in [-0.4, -0.2) is 50.2 Å². The summed E-state index contributed by atoms with van der Waals surface area (Å²) in [5.74, 6) is 2.29. The highest BCUT2D eigenvalue weighted by atomic mass is 16.5. The topological polar surface area (TPSA) is 72.8 Å². The van der Waals surface area contributed by atoms with Crippen LogP contribution < -0.4 is 0 Å². The quantitative estimate of drug-likeness (QED) is 0.393. The van der Waals surface area contributed by atoms with Crippen molar-refractivity contribution in [3.63, 3.8) is 0 Å². The molecule has 7 unspecified atom stereocenters. The highest BCUT2D eigenvalue weighted by Crippen LogP contribution is 2.30. The number of hydrogen-bond acceptors (Lipinski definition) is 5. The summed E-state index contributed by atoms with van der Waals surface area (Å²) in [6.45, 7) is 8.73. The molecule has 0 fully saturated rings. The molecule has 0 saturated carbocycles. The fourth-order valence-corrected chi connectivity index (χ4v) is 4.27. The van der Waals surface area contributed by atoms with Crippen molar-refractivity contribution in [2.75, 3.05) is 14.2 Å². The monoisotopic (exact) mass is 426 g/mol. The Morgan fingerprint density at radius 1 is 1.07 bits per heavy atom. The van der Waals surface area contributed by atoms with Crippen LogP contribution in [0.1, 0.15) is 79.1 Å². The first-order valence-electron chi connectivity index (χ1n) is 11.6. The Balaban J connectivity index is 0.00000192. The number of aldehydes is 2. The molecule has 1 aliphatic carbocycles. The van der Waals surface area contributed by atoms with Crippen LogP contribution >= 0.6 is 0 Å².